The highest BCUT2D eigenvalue weighted by Gasteiger charge is 2.10. The molecule has 3 aromatic rings. The first kappa shape index (κ1) is 17.3. The third kappa shape index (κ3) is 3.94. The van der Waals surface area contributed by atoms with Crippen molar-refractivity contribution in [3.8, 4) is 17.0 Å². The van der Waals surface area contributed by atoms with Crippen LogP contribution in [0.5, 0.6) is 5.75 Å². The number of hydrogen-bond donors (Lipinski definition) is 1. The van der Waals surface area contributed by atoms with E-state index in [-0.39, 0.29) is 23.7 Å². The van der Waals surface area contributed by atoms with Crippen molar-refractivity contribution in [2.75, 3.05) is 12.4 Å². The van der Waals surface area contributed by atoms with Gasteiger partial charge in [-0.1, -0.05) is 18.2 Å². The highest BCUT2D eigenvalue weighted by molar-refractivity contribution is 5.90. The van der Waals surface area contributed by atoms with E-state index in [0.29, 0.717) is 11.4 Å². The number of halogens is 1. The first-order valence-electron chi connectivity index (χ1n) is 7.82. The molecule has 3 rings (SSSR count). The predicted octanol–water partition coefficient (Wildman–Crippen LogP) is 2.70. The molecule has 0 aliphatic heterocycles. The highest BCUT2D eigenvalue weighted by atomic mass is 19.1. The van der Waals surface area contributed by atoms with Crippen molar-refractivity contribution in [2.24, 2.45) is 0 Å². The maximum Gasteiger partial charge on any atom is 0.254 e. The Morgan fingerprint density at radius 3 is 2.73 bits per heavy atom. The van der Waals surface area contributed by atoms with Crippen LogP contribution >= 0.6 is 0 Å². The zero-order chi connectivity index (χ0) is 18.5. The van der Waals surface area contributed by atoms with Gasteiger partial charge in [-0.05, 0) is 24.3 Å². The van der Waals surface area contributed by atoms with E-state index >= 15 is 0 Å². The van der Waals surface area contributed by atoms with E-state index in [0.717, 1.165) is 4.57 Å². The summed E-state index contributed by atoms with van der Waals surface area (Å²) in [7, 11) is 1.53. The van der Waals surface area contributed by atoms with Crippen LogP contribution in [0.3, 0.4) is 0 Å². The normalized spacial score (nSPS) is 10.4. The number of methoxy groups -OCH3 is 1. The molecule has 0 spiro atoms. The van der Waals surface area contributed by atoms with E-state index < -0.39 is 11.4 Å². The molecule has 1 heterocycles. The molecule has 1 N–H and O–H groups in total. The lowest BCUT2D eigenvalue weighted by Crippen LogP contribution is -2.27. The smallest absolute Gasteiger partial charge is 0.254 e. The number of ether oxygens (including phenoxy) is 1. The quantitative estimate of drug-likeness (QED) is 0.765. The number of amides is 1. The second kappa shape index (κ2) is 7.60. The monoisotopic (exact) mass is 353 g/mol. The number of aromatic nitrogens is 2. The number of hydrogen-bond acceptors (Lipinski definition) is 4. The van der Waals surface area contributed by atoms with Crippen LogP contribution in [-0.2, 0) is 11.3 Å². The first-order valence-corrected chi connectivity index (χ1v) is 7.82. The zero-order valence-electron chi connectivity index (χ0n) is 14.0. The summed E-state index contributed by atoms with van der Waals surface area (Å²) in [6.45, 7) is -0.208. The molecule has 0 aliphatic rings. The average molecular weight is 353 g/mol. The van der Waals surface area contributed by atoms with Gasteiger partial charge < -0.3 is 10.1 Å². The lowest BCUT2D eigenvalue weighted by molar-refractivity contribution is -0.116. The van der Waals surface area contributed by atoms with Crippen molar-refractivity contribution < 1.29 is 13.9 Å². The van der Waals surface area contributed by atoms with Gasteiger partial charge in [0.2, 0.25) is 5.91 Å². The Labute approximate surface area is 148 Å². The minimum atomic E-state index is -0.465. The minimum absolute atomic E-state index is 0.208. The molecule has 0 saturated carbocycles. The third-order valence-corrected chi connectivity index (χ3v) is 3.70. The van der Waals surface area contributed by atoms with E-state index in [1.54, 1.807) is 36.4 Å². The van der Waals surface area contributed by atoms with E-state index in [4.69, 9.17) is 4.74 Å². The Morgan fingerprint density at radius 2 is 2.00 bits per heavy atom. The van der Waals surface area contributed by atoms with Gasteiger partial charge in [0.1, 0.15) is 18.1 Å². The van der Waals surface area contributed by atoms with Crippen LogP contribution in [-0.4, -0.2) is 22.6 Å². The fourth-order valence-electron chi connectivity index (χ4n) is 2.42. The maximum absolute atomic E-state index is 13.8. The molecular formula is C19H16FN3O3. The number of nitrogens with one attached hydrogen (secondary N) is 1. The molecule has 0 aliphatic carbocycles. The SMILES string of the molecule is COc1cccc(NC(=O)Cn2cnc(-c3ccccc3F)cc2=O)c1. The summed E-state index contributed by atoms with van der Waals surface area (Å²) in [4.78, 5) is 28.4. The average Bonchev–Trinajstić information content (AvgIpc) is 2.64. The number of carbonyl (C=O) groups excluding carboxylic acids is 1. The van der Waals surface area contributed by atoms with Crippen molar-refractivity contribution >= 4 is 11.6 Å². The number of benzene rings is 2. The number of nitrogens with zero attached hydrogens (tertiary/aromatic N) is 2. The van der Waals surface area contributed by atoms with Gasteiger partial charge in [0, 0.05) is 23.4 Å². The molecule has 0 bridgehead atoms. The Hall–Kier alpha value is -3.48. The van der Waals surface area contributed by atoms with E-state index in [2.05, 4.69) is 10.3 Å². The molecule has 1 aromatic heterocycles. The molecule has 26 heavy (non-hydrogen) atoms. The summed E-state index contributed by atoms with van der Waals surface area (Å²) < 4.78 is 20.0. The molecule has 132 valence electrons. The van der Waals surface area contributed by atoms with Crippen LogP contribution in [0.2, 0.25) is 0 Å². The molecular weight excluding hydrogens is 337 g/mol. The molecule has 6 nitrogen and oxygen atoms in total. The lowest BCUT2D eigenvalue weighted by Gasteiger charge is -2.09. The molecule has 0 radical (unpaired) electrons. The van der Waals surface area contributed by atoms with Crippen LogP contribution in [0, 0.1) is 5.82 Å². The van der Waals surface area contributed by atoms with E-state index in [9.17, 15) is 14.0 Å². The zero-order valence-corrected chi connectivity index (χ0v) is 14.0. The molecule has 0 atom stereocenters. The minimum Gasteiger partial charge on any atom is -0.497 e. The Morgan fingerprint density at radius 1 is 1.19 bits per heavy atom. The molecule has 0 saturated heterocycles. The second-order valence-electron chi connectivity index (χ2n) is 5.50. The molecule has 1 amide bonds. The van der Waals surface area contributed by atoms with Gasteiger partial charge in [-0.2, -0.15) is 0 Å². The van der Waals surface area contributed by atoms with Crippen LogP contribution in [0.25, 0.3) is 11.3 Å². The molecule has 2 aromatic carbocycles. The fraction of sp³-hybridized carbons (Fsp3) is 0.105. The second-order valence-corrected chi connectivity index (χ2v) is 5.50. The highest BCUT2D eigenvalue weighted by Crippen LogP contribution is 2.19. The Balaban J connectivity index is 1.75. The van der Waals surface area contributed by atoms with Gasteiger partial charge in [0.05, 0.1) is 19.1 Å². The summed E-state index contributed by atoms with van der Waals surface area (Å²) in [6.07, 6.45) is 1.23. The maximum atomic E-state index is 13.8. The van der Waals surface area contributed by atoms with E-state index in [1.807, 2.05) is 0 Å². The van der Waals surface area contributed by atoms with Crippen molar-refractivity contribution in [1.82, 2.24) is 9.55 Å². The van der Waals surface area contributed by atoms with Crippen molar-refractivity contribution in [2.45, 2.75) is 6.54 Å². The summed E-state index contributed by atoms with van der Waals surface area (Å²) in [6, 6.07) is 14.1. The standard InChI is InChI=1S/C19H16FN3O3/c1-26-14-6-4-5-13(9-14)22-18(24)11-23-12-21-17(10-19(23)25)15-7-2-3-8-16(15)20/h2-10,12H,11H2,1H3,(H,22,24). The van der Waals surface area contributed by atoms with Gasteiger partial charge in [0.15, 0.2) is 0 Å². The summed E-state index contributed by atoms with van der Waals surface area (Å²) >= 11 is 0. The fourth-order valence-corrected chi connectivity index (χ4v) is 2.42. The predicted molar refractivity (Wildman–Crippen MR) is 95.5 cm³/mol. The summed E-state index contributed by atoms with van der Waals surface area (Å²) in [5.41, 5.74) is 0.563. The van der Waals surface area contributed by atoms with E-state index in [1.165, 1.54) is 31.6 Å². The Bertz CT molecular complexity index is 1000. The summed E-state index contributed by atoms with van der Waals surface area (Å²) in [5, 5.41) is 2.68. The molecule has 0 fully saturated rings. The summed E-state index contributed by atoms with van der Waals surface area (Å²) in [5.74, 6) is -0.246. The van der Waals surface area contributed by atoms with Crippen LogP contribution in [0.4, 0.5) is 10.1 Å². The van der Waals surface area contributed by atoms with Crippen LogP contribution in [0.15, 0.2) is 65.7 Å². The first-order chi connectivity index (χ1) is 12.6. The number of carbonyl (C=O) groups is 1. The number of anilines is 1. The molecule has 0 unspecified atom stereocenters. The van der Waals surface area contributed by atoms with Gasteiger partial charge in [-0.25, -0.2) is 9.37 Å². The van der Waals surface area contributed by atoms with Crippen molar-refractivity contribution in [3.63, 3.8) is 0 Å². The van der Waals surface area contributed by atoms with Crippen molar-refractivity contribution in [3.05, 3.63) is 77.1 Å². The lowest BCUT2D eigenvalue weighted by atomic mass is 10.1. The number of rotatable bonds is 5. The third-order valence-electron chi connectivity index (χ3n) is 3.70. The van der Waals surface area contributed by atoms with Crippen molar-refractivity contribution in [1.29, 1.82) is 0 Å². The topological polar surface area (TPSA) is 73.2 Å². The van der Waals surface area contributed by atoms with Crippen LogP contribution < -0.4 is 15.6 Å². The van der Waals surface area contributed by atoms with Gasteiger partial charge in [-0.15, -0.1) is 0 Å². The van der Waals surface area contributed by atoms with Gasteiger partial charge >= 0.3 is 0 Å². The van der Waals surface area contributed by atoms with Crippen LogP contribution in [0.1, 0.15) is 0 Å². The van der Waals surface area contributed by atoms with Gasteiger partial charge in [-0.3, -0.25) is 14.2 Å². The van der Waals surface area contributed by atoms with Gasteiger partial charge in [0.25, 0.3) is 5.56 Å². The largest absolute Gasteiger partial charge is 0.497 e. The molecule has 7 heteroatoms. The Kier molecular flexibility index (Phi) is 5.07.